The number of carbonyl (C=O) groups excluding carboxylic acids is 1. The van der Waals surface area contributed by atoms with Crippen LogP contribution in [0.25, 0.3) is 0 Å². The lowest BCUT2D eigenvalue weighted by atomic mass is 10.0. The van der Waals surface area contributed by atoms with Gasteiger partial charge in [0.05, 0.1) is 0 Å². The molecular formula is C14H19BrN2O. The molecule has 0 N–H and O–H groups in total. The van der Waals surface area contributed by atoms with E-state index in [0.29, 0.717) is 6.04 Å². The molecule has 0 aliphatic carbocycles. The van der Waals surface area contributed by atoms with Gasteiger partial charge in [0.2, 0.25) is 0 Å². The highest BCUT2D eigenvalue weighted by Gasteiger charge is 2.24. The highest BCUT2D eigenvalue weighted by Crippen LogP contribution is 2.18. The summed E-state index contributed by atoms with van der Waals surface area (Å²) in [4.78, 5) is 16.5. The molecule has 1 heterocycles. The second-order valence-corrected chi connectivity index (χ2v) is 5.87. The summed E-state index contributed by atoms with van der Waals surface area (Å²) in [6.07, 6.45) is 2.13. The smallest absolute Gasteiger partial charge is 0.253 e. The van der Waals surface area contributed by atoms with Crippen LogP contribution in [-0.2, 0) is 0 Å². The lowest BCUT2D eigenvalue weighted by Crippen LogP contribution is -2.44. The van der Waals surface area contributed by atoms with E-state index in [2.05, 4.69) is 27.9 Å². The molecule has 0 spiro atoms. The molecule has 1 aromatic rings. The number of hydrogen-bond acceptors (Lipinski definition) is 2. The Morgan fingerprint density at radius 2 is 1.83 bits per heavy atom. The van der Waals surface area contributed by atoms with Crippen molar-refractivity contribution in [2.24, 2.45) is 0 Å². The molecular weight excluding hydrogens is 292 g/mol. The molecule has 1 aromatic carbocycles. The molecule has 98 valence electrons. The van der Waals surface area contributed by atoms with Crippen LogP contribution < -0.4 is 0 Å². The van der Waals surface area contributed by atoms with Crippen molar-refractivity contribution in [2.75, 3.05) is 27.2 Å². The lowest BCUT2D eigenvalue weighted by Gasteiger charge is -2.35. The molecule has 1 amide bonds. The van der Waals surface area contributed by atoms with Crippen molar-refractivity contribution in [3.05, 3.63) is 34.3 Å². The molecule has 18 heavy (non-hydrogen) atoms. The summed E-state index contributed by atoms with van der Waals surface area (Å²) >= 11 is 3.38. The molecule has 1 aliphatic heterocycles. The summed E-state index contributed by atoms with van der Waals surface area (Å²) < 4.78 is 1.00. The van der Waals surface area contributed by atoms with E-state index in [1.54, 1.807) is 0 Å². The van der Waals surface area contributed by atoms with Gasteiger partial charge in [0.25, 0.3) is 5.91 Å². The summed E-state index contributed by atoms with van der Waals surface area (Å²) in [5, 5.41) is 0. The monoisotopic (exact) mass is 310 g/mol. The molecule has 0 bridgehead atoms. The Labute approximate surface area is 117 Å². The number of rotatable bonds is 2. The van der Waals surface area contributed by atoms with Gasteiger partial charge < -0.3 is 9.80 Å². The zero-order valence-electron chi connectivity index (χ0n) is 10.9. The third kappa shape index (κ3) is 3.12. The van der Waals surface area contributed by atoms with Gasteiger partial charge in [-0.15, -0.1) is 0 Å². The third-order valence-electron chi connectivity index (χ3n) is 3.65. The maximum Gasteiger partial charge on any atom is 0.253 e. The van der Waals surface area contributed by atoms with Gasteiger partial charge in [-0.25, -0.2) is 0 Å². The van der Waals surface area contributed by atoms with Crippen molar-refractivity contribution < 1.29 is 4.79 Å². The lowest BCUT2D eigenvalue weighted by molar-refractivity contribution is 0.0659. The predicted octanol–water partition coefficient (Wildman–Crippen LogP) is 2.62. The first-order valence-electron chi connectivity index (χ1n) is 6.29. The van der Waals surface area contributed by atoms with Crippen LogP contribution in [0.1, 0.15) is 23.2 Å². The minimum Gasteiger partial charge on any atom is -0.339 e. The molecule has 0 aromatic heterocycles. The first-order chi connectivity index (χ1) is 8.58. The van der Waals surface area contributed by atoms with Crippen molar-refractivity contribution in [1.29, 1.82) is 0 Å². The number of benzene rings is 1. The number of halogens is 1. The Hall–Kier alpha value is -0.870. The topological polar surface area (TPSA) is 23.6 Å². The Morgan fingerprint density at radius 1 is 1.28 bits per heavy atom. The van der Waals surface area contributed by atoms with Crippen molar-refractivity contribution in [3.63, 3.8) is 0 Å². The zero-order valence-corrected chi connectivity index (χ0v) is 12.5. The van der Waals surface area contributed by atoms with Gasteiger partial charge in [0.15, 0.2) is 0 Å². The van der Waals surface area contributed by atoms with Gasteiger partial charge in [-0.1, -0.05) is 15.9 Å². The molecule has 2 rings (SSSR count). The van der Waals surface area contributed by atoms with Crippen LogP contribution in [-0.4, -0.2) is 48.9 Å². The Morgan fingerprint density at radius 3 is 2.39 bits per heavy atom. The van der Waals surface area contributed by atoms with Crippen LogP contribution >= 0.6 is 15.9 Å². The first kappa shape index (κ1) is 13.6. The highest BCUT2D eigenvalue weighted by atomic mass is 79.9. The molecule has 3 nitrogen and oxygen atoms in total. The van der Waals surface area contributed by atoms with E-state index in [-0.39, 0.29) is 5.91 Å². The molecule has 1 aliphatic rings. The Kier molecular flexibility index (Phi) is 4.40. The van der Waals surface area contributed by atoms with Crippen LogP contribution in [0.15, 0.2) is 28.7 Å². The quantitative estimate of drug-likeness (QED) is 0.838. The van der Waals surface area contributed by atoms with Crippen molar-refractivity contribution in [3.8, 4) is 0 Å². The van der Waals surface area contributed by atoms with Crippen molar-refractivity contribution in [1.82, 2.24) is 9.80 Å². The summed E-state index contributed by atoms with van der Waals surface area (Å²) in [6.45, 7) is 2.14. The Balaban J connectivity index is 2.02. The average Bonchev–Trinajstić information content (AvgIpc) is 2.39. The second-order valence-electron chi connectivity index (χ2n) is 4.96. The van der Waals surface area contributed by atoms with Crippen molar-refractivity contribution >= 4 is 21.8 Å². The first-order valence-corrected chi connectivity index (χ1v) is 7.08. The second kappa shape index (κ2) is 5.85. The molecule has 1 saturated heterocycles. The van der Waals surface area contributed by atoms with E-state index in [9.17, 15) is 4.79 Å². The van der Waals surface area contributed by atoms with Crippen LogP contribution in [0.4, 0.5) is 0 Å². The highest BCUT2D eigenvalue weighted by molar-refractivity contribution is 9.10. The third-order valence-corrected chi connectivity index (χ3v) is 4.18. The summed E-state index contributed by atoms with van der Waals surface area (Å²) in [5.74, 6) is 0.122. The van der Waals surface area contributed by atoms with E-state index < -0.39 is 0 Å². The predicted molar refractivity (Wildman–Crippen MR) is 76.8 cm³/mol. The average molecular weight is 311 g/mol. The fraction of sp³-hybridized carbons (Fsp3) is 0.500. The maximum absolute atomic E-state index is 12.3. The van der Waals surface area contributed by atoms with Crippen LogP contribution in [0.3, 0.4) is 0 Å². The SMILES string of the molecule is CN1CCC(N(C)C(=O)c2ccc(Br)cc2)CC1. The number of likely N-dealkylation sites (tertiary alicyclic amines) is 1. The van der Waals surface area contributed by atoms with Gasteiger partial charge in [-0.05, 0) is 57.2 Å². The van der Waals surface area contributed by atoms with Gasteiger partial charge in [0, 0.05) is 23.1 Å². The summed E-state index contributed by atoms with van der Waals surface area (Å²) in [7, 11) is 4.05. The fourth-order valence-corrected chi connectivity index (χ4v) is 2.61. The largest absolute Gasteiger partial charge is 0.339 e. The maximum atomic E-state index is 12.3. The summed E-state index contributed by atoms with van der Waals surface area (Å²) in [5.41, 5.74) is 0.764. The molecule has 0 atom stereocenters. The number of hydrogen-bond donors (Lipinski definition) is 0. The van der Waals surface area contributed by atoms with Gasteiger partial charge in [0.1, 0.15) is 0 Å². The number of nitrogens with zero attached hydrogens (tertiary/aromatic N) is 2. The summed E-state index contributed by atoms with van der Waals surface area (Å²) in [6, 6.07) is 7.94. The minimum atomic E-state index is 0.122. The number of carbonyl (C=O) groups is 1. The van der Waals surface area contributed by atoms with Gasteiger partial charge >= 0.3 is 0 Å². The Bertz CT molecular complexity index is 410. The van der Waals surface area contributed by atoms with Gasteiger partial charge in [-0.3, -0.25) is 4.79 Å². The zero-order chi connectivity index (χ0) is 13.1. The normalized spacial score (nSPS) is 17.7. The van der Waals surface area contributed by atoms with E-state index >= 15 is 0 Å². The molecule has 0 unspecified atom stereocenters. The van der Waals surface area contributed by atoms with Crippen molar-refractivity contribution in [2.45, 2.75) is 18.9 Å². The number of piperidine rings is 1. The fourth-order valence-electron chi connectivity index (χ4n) is 2.34. The van der Waals surface area contributed by atoms with Gasteiger partial charge in [-0.2, -0.15) is 0 Å². The van der Waals surface area contributed by atoms with Crippen LogP contribution in [0.2, 0.25) is 0 Å². The van der Waals surface area contributed by atoms with Crippen LogP contribution in [0.5, 0.6) is 0 Å². The van der Waals surface area contributed by atoms with E-state index in [4.69, 9.17) is 0 Å². The van der Waals surface area contributed by atoms with E-state index in [1.165, 1.54) is 0 Å². The van der Waals surface area contributed by atoms with E-state index in [1.807, 2.05) is 36.2 Å². The standard InChI is InChI=1S/C14H19BrN2O/c1-16-9-7-13(8-10-16)17(2)14(18)11-3-5-12(15)6-4-11/h3-6,13H,7-10H2,1-2H3. The van der Waals surface area contributed by atoms with E-state index in [0.717, 1.165) is 36.0 Å². The minimum absolute atomic E-state index is 0.122. The molecule has 4 heteroatoms. The van der Waals surface area contributed by atoms with Crippen LogP contribution in [0, 0.1) is 0 Å². The molecule has 0 radical (unpaired) electrons. The molecule has 1 fully saturated rings. The molecule has 0 saturated carbocycles. The number of amides is 1.